The van der Waals surface area contributed by atoms with Gasteiger partial charge in [0.25, 0.3) is 10.1 Å². The van der Waals surface area contributed by atoms with Gasteiger partial charge in [0.05, 0.1) is 12.7 Å². The first-order valence-corrected chi connectivity index (χ1v) is 5.31. The van der Waals surface area contributed by atoms with E-state index in [0.717, 1.165) is 0 Å². The van der Waals surface area contributed by atoms with Crippen LogP contribution >= 0.6 is 0 Å². The minimum atomic E-state index is -4.39. The molecule has 14 heavy (non-hydrogen) atoms. The van der Waals surface area contributed by atoms with Crippen LogP contribution in [0.1, 0.15) is 6.42 Å². The van der Waals surface area contributed by atoms with Crippen molar-refractivity contribution in [1.29, 1.82) is 0 Å². The summed E-state index contributed by atoms with van der Waals surface area (Å²) in [4.78, 5) is 10.4. The summed E-state index contributed by atoms with van der Waals surface area (Å²) in [5.41, 5.74) is 0. The van der Waals surface area contributed by atoms with Gasteiger partial charge in [-0.25, -0.2) is 4.79 Å². The van der Waals surface area contributed by atoms with Crippen molar-refractivity contribution in [2.24, 2.45) is 0 Å². The van der Waals surface area contributed by atoms with Crippen molar-refractivity contribution < 1.29 is 32.7 Å². The number of aliphatic hydroxyl groups excluding tert-OH is 1. The number of ether oxygens (including phenoxy) is 1. The summed E-state index contributed by atoms with van der Waals surface area (Å²) in [6.07, 6.45) is -2.98. The predicted molar refractivity (Wildman–Crippen MR) is 43.3 cm³/mol. The zero-order valence-electron chi connectivity index (χ0n) is 7.03. The molecule has 0 bridgehead atoms. The molecule has 0 radical (unpaired) electrons. The fourth-order valence-electron chi connectivity index (χ4n) is 1.22. The van der Waals surface area contributed by atoms with Crippen molar-refractivity contribution in [3.63, 3.8) is 0 Å². The van der Waals surface area contributed by atoms with Gasteiger partial charge in [-0.05, 0) is 0 Å². The first kappa shape index (κ1) is 11.4. The van der Waals surface area contributed by atoms with Gasteiger partial charge in [-0.2, -0.15) is 8.42 Å². The molecule has 0 aromatic carbocycles. The number of carboxylic acids is 1. The number of aliphatic hydroxyl groups is 1. The first-order chi connectivity index (χ1) is 6.32. The molecule has 1 rings (SSSR count). The number of hydrogen-bond acceptors (Lipinski definition) is 5. The zero-order valence-corrected chi connectivity index (χ0v) is 7.85. The van der Waals surface area contributed by atoms with Crippen LogP contribution < -0.4 is 0 Å². The molecular weight excluding hydrogens is 216 g/mol. The molecule has 82 valence electrons. The fourth-order valence-corrected chi connectivity index (χ4v) is 1.98. The summed E-state index contributed by atoms with van der Waals surface area (Å²) in [5, 5.41) is 16.3. The minimum Gasteiger partial charge on any atom is -0.479 e. The largest absolute Gasteiger partial charge is 0.479 e. The average Bonchev–Trinajstić information content (AvgIpc) is 2.01. The van der Waals surface area contributed by atoms with E-state index in [-0.39, 0.29) is 6.42 Å². The van der Waals surface area contributed by atoms with Gasteiger partial charge < -0.3 is 14.9 Å². The number of carbonyl (C=O) groups is 1. The molecule has 0 aromatic rings. The third-order valence-electron chi connectivity index (χ3n) is 2.00. The Kier molecular flexibility index (Phi) is 3.10. The van der Waals surface area contributed by atoms with Crippen LogP contribution in [-0.2, 0) is 19.6 Å². The fraction of sp³-hybridized carbons (Fsp3) is 0.833. The van der Waals surface area contributed by atoms with Crippen LogP contribution in [0.4, 0.5) is 0 Å². The van der Waals surface area contributed by atoms with Gasteiger partial charge in [-0.3, -0.25) is 4.55 Å². The third kappa shape index (κ3) is 2.41. The lowest BCUT2D eigenvalue weighted by molar-refractivity contribution is -0.157. The zero-order chi connectivity index (χ0) is 10.9. The van der Waals surface area contributed by atoms with Crippen LogP contribution in [0.2, 0.25) is 0 Å². The maximum absolute atomic E-state index is 10.6. The minimum absolute atomic E-state index is 0.347. The maximum Gasteiger partial charge on any atom is 0.332 e. The van der Waals surface area contributed by atoms with E-state index < -0.39 is 40.2 Å². The second-order valence-electron chi connectivity index (χ2n) is 3.02. The molecule has 1 saturated heterocycles. The highest BCUT2D eigenvalue weighted by molar-refractivity contribution is 7.86. The van der Waals surface area contributed by atoms with Crippen molar-refractivity contribution in [3.05, 3.63) is 0 Å². The highest BCUT2D eigenvalue weighted by Crippen LogP contribution is 2.19. The lowest BCUT2D eigenvalue weighted by Gasteiger charge is -2.29. The molecule has 1 fully saturated rings. The van der Waals surface area contributed by atoms with E-state index in [2.05, 4.69) is 4.74 Å². The number of aliphatic carboxylic acids is 1. The van der Waals surface area contributed by atoms with Gasteiger partial charge in [-0.15, -0.1) is 0 Å². The van der Waals surface area contributed by atoms with Gasteiger partial charge in [0.1, 0.15) is 5.25 Å². The Hall–Kier alpha value is -0.700. The topological polar surface area (TPSA) is 121 Å². The number of rotatable bonds is 2. The van der Waals surface area contributed by atoms with E-state index in [1.54, 1.807) is 0 Å². The first-order valence-electron chi connectivity index (χ1n) is 3.81. The van der Waals surface area contributed by atoms with E-state index >= 15 is 0 Å². The van der Waals surface area contributed by atoms with E-state index in [0.29, 0.717) is 0 Å². The third-order valence-corrected chi connectivity index (χ3v) is 3.22. The van der Waals surface area contributed by atoms with Crippen LogP contribution in [0.15, 0.2) is 0 Å². The van der Waals surface area contributed by atoms with Gasteiger partial charge >= 0.3 is 5.97 Å². The summed E-state index contributed by atoms with van der Waals surface area (Å²) in [6, 6.07) is 0. The Morgan fingerprint density at radius 2 is 2.00 bits per heavy atom. The molecule has 0 saturated carbocycles. The summed E-state index contributed by atoms with van der Waals surface area (Å²) in [5.74, 6) is -1.27. The monoisotopic (exact) mass is 226 g/mol. The van der Waals surface area contributed by atoms with Gasteiger partial charge in [0, 0.05) is 6.42 Å². The highest BCUT2D eigenvalue weighted by atomic mass is 32.2. The molecule has 3 unspecified atom stereocenters. The Morgan fingerprint density at radius 3 is 2.36 bits per heavy atom. The number of hydrogen-bond donors (Lipinski definition) is 3. The van der Waals surface area contributed by atoms with Gasteiger partial charge in [0.15, 0.2) is 6.10 Å². The normalized spacial score (nSPS) is 34.0. The maximum atomic E-state index is 10.6. The summed E-state index contributed by atoms with van der Waals surface area (Å²) in [7, 11) is -4.39. The van der Waals surface area contributed by atoms with Crippen LogP contribution in [-0.4, -0.2) is 53.2 Å². The van der Waals surface area contributed by atoms with Crippen LogP contribution in [0.25, 0.3) is 0 Å². The number of carboxylic acid groups (broad SMARTS) is 1. The Morgan fingerprint density at radius 1 is 1.43 bits per heavy atom. The Labute approximate surface area is 80.1 Å². The van der Waals surface area contributed by atoms with E-state index in [4.69, 9.17) is 9.66 Å². The smallest absolute Gasteiger partial charge is 0.332 e. The molecular formula is C6H10O7S. The molecule has 0 spiro atoms. The van der Waals surface area contributed by atoms with Crippen LogP contribution in [0.5, 0.6) is 0 Å². The molecule has 0 aromatic heterocycles. The molecule has 3 N–H and O–H groups in total. The molecule has 7 nitrogen and oxygen atoms in total. The molecule has 1 aliphatic rings. The Balaban J connectivity index is 2.70. The lowest BCUT2D eigenvalue weighted by atomic mass is 10.1. The quantitative estimate of drug-likeness (QED) is 0.489. The molecule has 0 amide bonds. The summed E-state index contributed by atoms with van der Waals surface area (Å²) in [6.45, 7) is -0.517. The van der Waals surface area contributed by atoms with Gasteiger partial charge in [0.2, 0.25) is 0 Å². The van der Waals surface area contributed by atoms with Crippen LogP contribution in [0.3, 0.4) is 0 Å². The highest BCUT2D eigenvalue weighted by Gasteiger charge is 2.40. The second-order valence-corrected chi connectivity index (χ2v) is 4.65. The van der Waals surface area contributed by atoms with Crippen molar-refractivity contribution in [2.45, 2.75) is 23.9 Å². The lowest BCUT2D eigenvalue weighted by Crippen LogP contribution is -2.47. The Bertz CT molecular complexity index is 321. The van der Waals surface area contributed by atoms with Crippen molar-refractivity contribution >= 4 is 16.1 Å². The molecule has 8 heteroatoms. The SMILES string of the molecule is O=C(O)C1CC(O)C(S(=O)(=O)O)CO1. The molecule has 1 heterocycles. The summed E-state index contributed by atoms with van der Waals surface area (Å²) < 4.78 is 34.6. The van der Waals surface area contributed by atoms with Crippen molar-refractivity contribution in [3.8, 4) is 0 Å². The van der Waals surface area contributed by atoms with Crippen molar-refractivity contribution in [1.82, 2.24) is 0 Å². The van der Waals surface area contributed by atoms with E-state index in [1.165, 1.54) is 0 Å². The average molecular weight is 226 g/mol. The van der Waals surface area contributed by atoms with Crippen LogP contribution in [0, 0.1) is 0 Å². The second kappa shape index (κ2) is 3.81. The summed E-state index contributed by atoms with van der Waals surface area (Å²) >= 11 is 0. The predicted octanol–water partition coefficient (Wildman–Crippen LogP) is -1.52. The van der Waals surface area contributed by atoms with Gasteiger partial charge in [-0.1, -0.05) is 0 Å². The molecule has 3 atom stereocenters. The van der Waals surface area contributed by atoms with E-state index in [1.807, 2.05) is 0 Å². The standard InChI is InChI=1S/C6H10O7S/c7-3-1-4(6(8)9)13-2-5(3)14(10,11)12/h3-5,7H,1-2H2,(H,8,9)(H,10,11,12). The van der Waals surface area contributed by atoms with Crippen molar-refractivity contribution in [2.75, 3.05) is 6.61 Å². The van der Waals surface area contributed by atoms with E-state index in [9.17, 15) is 18.3 Å². The molecule has 1 aliphatic heterocycles. The molecule has 0 aliphatic carbocycles.